The summed E-state index contributed by atoms with van der Waals surface area (Å²) >= 11 is 1.69. The van der Waals surface area contributed by atoms with Gasteiger partial charge in [0.25, 0.3) is 0 Å². The molecule has 2 aromatic rings. The molecule has 24 heavy (non-hydrogen) atoms. The van der Waals surface area contributed by atoms with Crippen molar-refractivity contribution >= 4 is 23.1 Å². The molecular formula is C18H23N3O2S. The van der Waals surface area contributed by atoms with Gasteiger partial charge >= 0.3 is 0 Å². The summed E-state index contributed by atoms with van der Waals surface area (Å²) in [5.41, 5.74) is 0.880. The number of ether oxygens (including phenoxy) is 1. The van der Waals surface area contributed by atoms with Crippen LogP contribution in [0.15, 0.2) is 30.3 Å². The van der Waals surface area contributed by atoms with Gasteiger partial charge in [0.05, 0.1) is 25.3 Å². The Balaban J connectivity index is 1.67. The third-order valence-electron chi connectivity index (χ3n) is 4.08. The van der Waals surface area contributed by atoms with E-state index in [0.717, 1.165) is 16.4 Å². The van der Waals surface area contributed by atoms with Crippen molar-refractivity contribution in [2.45, 2.75) is 19.4 Å². The van der Waals surface area contributed by atoms with Gasteiger partial charge in [0.2, 0.25) is 5.91 Å². The Morgan fingerprint density at radius 2 is 2.21 bits per heavy atom. The lowest BCUT2D eigenvalue weighted by Gasteiger charge is -2.33. The van der Waals surface area contributed by atoms with Crippen LogP contribution in [0.1, 0.15) is 21.6 Å². The van der Waals surface area contributed by atoms with Gasteiger partial charge in [0.1, 0.15) is 11.9 Å². The average Bonchev–Trinajstić information content (AvgIpc) is 3.00. The van der Waals surface area contributed by atoms with E-state index in [1.807, 2.05) is 48.2 Å². The van der Waals surface area contributed by atoms with E-state index in [1.54, 1.807) is 11.3 Å². The van der Waals surface area contributed by atoms with Gasteiger partial charge in [-0.15, -0.1) is 11.3 Å². The molecule has 1 aliphatic rings. The maximum atomic E-state index is 12.6. The van der Waals surface area contributed by atoms with Crippen molar-refractivity contribution in [2.24, 2.45) is 0 Å². The second kappa shape index (κ2) is 7.32. The molecule has 5 nitrogen and oxygen atoms in total. The van der Waals surface area contributed by atoms with Crippen LogP contribution < -0.4 is 4.90 Å². The maximum absolute atomic E-state index is 12.6. The van der Waals surface area contributed by atoms with E-state index in [1.165, 1.54) is 4.88 Å². The van der Waals surface area contributed by atoms with Crippen molar-refractivity contribution in [3.63, 3.8) is 0 Å². The molecule has 6 heteroatoms. The number of rotatable bonds is 4. The summed E-state index contributed by atoms with van der Waals surface area (Å²) in [6, 6.07) is 10.0. The highest BCUT2D eigenvalue weighted by molar-refractivity contribution is 7.12. The Hall–Kier alpha value is -1.92. The molecule has 1 saturated heterocycles. The van der Waals surface area contributed by atoms with Gasteiger partial charge in [-0.3, -0.25) is 4.79 Å². The van der Waals surface area contributed by atoms with Crippen molar-refractivity contribution in [1.82, 2.24) is 9.88 Å². The lowest BCUT2D eigenvalue weighted by molar-refractivity contribution is -0.138. The summed E-state index contributed by atoms with van der Waals surface area (Å²) < 4.78 is 5.86. The molecule has 0 spiro atoms. The van der Waals surface area contributed by atoms with Gasteiger partial charge in [-0.1, -0.05) is 6.07 Å². The van der Waals surface area contributed by atoms with Crippen LogP contribution in [0, 0.1) is 6.92 Å². The molecule has 3 rings (SSSR count). The fourth-order valence-corrected chi connectivity index (χ4v) is 3.65. The molecule has 0 aliphatic carbocycles. The average molecular weight is 345 g/mol. The molecule has 0 unspecified atom stereocenters. The van der Waals surface area contributed by atoms with Crippen LogP contribution in [0.25, 0.3) is 0 Å². The SMILES string of the molecule is Cc1ccc(CC(=O)N2CCO[C@@H](c3cccc(N(C)C)n3)C2)s1. The molecule has 2 aromatic heterocycles. The number of thiophene rings is 1. The molecule has 0 saturated carbocycles. The van der Waals surface area contributed by atoms with E-state index in [2.05, 4.69) is 18.0 Å². The number of amides is 1. The summed E-state index contributed by atoms with van der Waals surface area (Å²) in [5, 5.41) is 0. The highest BCUT2D eigenvalue weighted by Gasteiger charge is 2.26. The van der Waals surface area contributed by atoms with Gasteiger partial charge in [0, 0.05) is 30.4 Å². The van der Waals surface area contributed by atoms with Crippen LogP contribution in [-0.4, -0.2) is 49.6 Å². The van der Waals surface area contributed by atoms with Crippen LogP contribution in [-0.2, 0) is 16.0 Å². The summed E-state index contributed by atoms with van der Waals surface area (Å²) in [6.07, 6.45) is 0.309. The van der Waals surface area contributed by atoms with Crippen LogP contribution in [0.5, 0.6) is 0 Å². The maximum Gasteiger partial charge on any atom is 0.228 e. The quantitative estimate of drug-likeness (QED) is 0.855. The Morgan fingerprint density at radius 3 is 2.92 bits per heavy atom. The number of aromatic nitrogens is 1. The summed E-state index contributed by atoms with van der Waals surface area (Å²) in [4.78, 5) is 23.4. The highest BCUT2D eigenvalue weighted by atomic mass is 32.1. The van der Waals surface area contributed by atoms with Crippen LogP contribution in [0.4, 0.5) is 5.82 Å². The van der Waals surface area contributed by atoms with E-state index >= 15 is 0 Å². The third-order valence-corrected chi connectivity index (χ3v) is 5.09. The number of pyridine rings is 1. The van der Waals surface area contributed by atoms with Crippen molar-refractivity contribution in [3.05, 3.63) is 45.8 Å². The first-order chi connectivity index (χ1) is 11.5. The first-order valence-electron chi connectivity index (χ1n) is 8.12. The van der Waals surface area contributed by atoms with E-state index in [4.69, 9.17) is 4.74 Å². The number of anilines is 1. The van der Waals surface area contributed by atoms with Crippen molar-refractivity contribution < 1.29 is 9.53 Å². The van der Waals surface area contributed by atoms with E-state index < -0.39 is 0 Å². The molecule has 0 bridgehead atoms. The van der Waals surface area contributed by atoms with E-state index in [0.29, 0.717) is 26.1 Å². The standard InChI is InChI=1S/C18H23N3O2S/c1-13-7-8-14(24-13)11-18(22)21-9-10-23-16(12-21)15-5-4-6-17(19-15)20(2)3/h4-8,16H,9-12H2,1-3H3/t16-/m1/s1. The summed E-state index contributed by atoms with van der Waals surface area (Å²) in [6.45, 7) is 3.82. The number of aryl methyl sites for hydroxylation is 1. The monoisotopic (exact) mass is 345 g/mol. The molecule has 0 N–H and O–H groups in total. The van der Waals surface area contributed by atoms with Gasteiger partial charge in [-0.2, -0.15) is 0 Å². The Kier molecular flexibility index (Phi) is 5.16. The Labute approximate surface area is 146 Å². The smallest absolute Gasteiger partial charge is 0.228 e. The summed E-state index contributed by atoms with van der Waals surface area (Å²) in [7, 11) is 3.93. The molecule has 0 aromatic carbocycles. The second-order valence-electron chi connectivity index (χ2n) is 6.20. The van der Waals surface area contributed by atoms with E-state index in [9.17, 15) is 4.79 Å². The summed E-state index contributed by atoms with van der Waals surface area (Å²) in [5.74, 6) is 1.06. The lowest BCUT2D eigenvalue weighted by Crippen LogP contribution is -2.43. The van der Waals surface area contributed by atoms with Gasteiger partial charge in [-0.25, -0.2) is 4.98 Å². The van der Waals surface area contributed by atoms with Crippen molar-refractivity contribution in [1.29, 1.82) is 0 Å². The normalized spacial score (nSPS) is 17.8. The fraction of sp³-hybridized carbons (Fsp3) is 0.444. The van der Waals surface area contributed by atoms with E-state index in [-0.39, 0.29) is 12.0 Å². The molecule has 0 radical (unpaired) electrons. The zero-order valence-corrected chi connectivity index (χ0v) is 15.2. The van der Waals surface area contributed by atoms with Gasteiger partial charge in [-0.05, 0) is 31.2 Å². The Morgan fingerprint density at radius 1 is 1.38 bits per heavy atom. The molecule has 1 fully saturated rings. The predicted octanol–water partition coefficient (Wildman–Crippen LogP) is 2.66. The Bertz CT molecular complexity index is 714. The zero-order chi connectivity index (χ0) is 17.1. The highest BCUT2D eigenvalue weighted by Crippen LogP contribution is 2.24. The number of morpholine rings is 1. The van der Waals surface area contributed by atoms with Crippen molar-refractivity contribution in [3.8, 4) is 0 Å². The topological polar surface area (TPSA) is 45.7 Å². The minimum absolute atomic E-state index is 0.160. The number of carbonyl (C=O) groups is 1. The number of nitrogens with zero attached hydrogens (tertiary/aromatic N) is 3. The first kappa shape index (κ1) is 16.9. The van der Waals surface area contributed by atoms with Crippen LogP contribution in [0.2, 0.25) is 0 Å². The van der Waals surface area contributed by atoms with Gasteiger partial charge in [0.15, 0.2) is 0 Å². The minimum atomic E-state index is -0.160. The predicted molar refractivity (Wildman–Crippen MR) is 96.6 cm³/mol. The lowest BCUT2D eigenvalue weighted by atomic mass is 10.1. The number of hydrogen-bond donors (Lipinski definition) is 0. The number of hydrogen-bond acceptors (Lipinski definition) is 5. The molecule has 1 aliphatic heterocycles. The fourth-order valence-electron chi connectivity index (χ4n) is 2.76. The minimum Gasteiger partial charge on any atom is -0.368 e. The van der Waals surface area contributed by atoms with Crippen molar-refractivity contribution in [2.75, 3.05) is 38.7 Å². The van der Waals surface area contributed by atoms with Gasteiger partial charge < -0.3 is 14.5 Å². The molecule has 1 amide bonds. The van der Waals surface area contributed by atoms with Crippen LogP contribution >= 0.6 is 11.3 Å². The third kappa shape index (κ3) is 3.94. The molecule has 3 heterocycles. The van der Waals surface area contributed by atoms with Crippen LogP contribution in [0.3, 0.4) is 0 Å². The first-order valence-corrected chi connectivity index (χ1v) is 8.93. The second-order valence-corrected chi connectivity index (χ2v) is 7.58. The molecular weight excluding hydrogens is 322 g/mol. The zero-order valence-electron chi connectivity index (χ0n) is 14.4. The molecule has 1 atom stereocenters. The largest absolute Gasteiger partial charge is 0.368 e. The molecule has 128 valence electrons. The number of carbonyl (C=O) groups excluding carboxylic acids is 1.